The Hall–Kier alpha value is -8.90. The third-order valence-corrected chi connectivity index (χ3v) is 20.7. The normalized spacial score (nSPS) is 14.2. The number of thiophene rings is 1. The molecule has 0 spiro atoms. The van der Waals surface area contributed by atoms with E-state index < -0.39 is 0 Å². The standard InChI is InChI=1S/C81H70BN3S/c1-78(2,3)52-34-38-56(39-35-52)84-68-28-19-29-69-75(68)82(77-76(84)62-47-54(80(7,8)9)37-45-71(62)86-77)65-43-40-57(83(55-22-13-12-14-23-55)67-27-18-26-64-74(67)60-24-15-16-25-63(60)81(64,10)11)48-70(65)85(69)66-44-36-53(79(4,5)6)46-61(66)58-41-32-51-31-30-49-20-17-21-50-33-42-59(58)73(51)72(49)50/h12-48H,1-11H3. The van der Waals surface area contributed by atoms with E-state index in [2.05, 4.69) is 315 Å². The molecular weight excluding hydrogens is 1060 g/mol. The molecule has 0 radical (unpaired) electrons. The Morgan fingerprint density at radius 2 is 1.03 bits per heavy atom. The second kappa shape index (κ2) is 18.6. The van der Waals surface area contributed by atoms with Crippen LogP contribution in [0, 0.1) is 0 Å². The average Bonchev–Trinajstić information content (AvgIpc) is 1.22. The van der Waals surface area contributed by atoms with Crippen LogP contribution in [0.5, 0.6) is 0 Å². The fourth-order valence-electron chi connectivity index (χ4n) is 15.0. The molecule has 0 saturated heterocycles. The second-order valence-corrected chi connectivity index (χ2v) is 29.2. The SMILES string of the molecule is CC(C)(C)c1ccc(N2c3cccc4c3B(c3ccc(N(c5ccccc5)c5cccc6c5-c5ccccc5C6(C)C)cc3N4c3ccc(C(C)(C)C)cc3-c3ccc4ccc5cccc6ccc3c4c56)c3sc4ccc(C(C)(C)C)cc4c32)cc1. The topological polar surface area (TPSA) is 9.72 Å². The number of nitrogens with zero attached hydrogens (tertiary/aromatic N) is 3. The number of anilines is 9. The molecule has 418 valence electrons. The van der Waals surface area contributed by atoms with Crippen molar-refractivity contribution in [2.45, 2.75) is 97.8 Å². The zero-order valence-electron chi connectivity index (χ0n) is 51.2. The van der Waals surface area contributed by atoms with Gasteiger partial charge in [-0.05, 0) is 177 Å². The predicted molar refractivity (Wildman–Crippen MR) is 373 cm³/mol. The summed E-state index contributed by atoms with van der Waals surface area (Å²) in [7, 11) is 0. The summed E-state index contributed by atoms with van der Waals surface area (Å²) in [6.07, 6.45) is 0. The smallest absolute Gasteiger partial charge is 0.264 e. The summed E-state index contributed by atoms with van der Waals surface area (Å²) in [5.41, 5.74) is 24.6. The highest BCUT2D eigenvalue weighted by atomic mass is 32.1. The summed E-state index contributed by atoms with van der Waals surface area (Å²) in [5.74, 6) is 0. The van der Waals surface area contributed by atoms with Crippen LogP contribution >= 0.6 is 11.3 Å². The summed E-state index contributed by atoms with van der Waals surface area (Å²) >= 11 is 1.97. The Kier molecular flexibility index (Phi) is 11.4. The molecule has 0 saturated carbocycles. The third-order valence-electron chi connectivity index (χ3n) is 19.4. The van der Waals surface area contributed by atoms with Gasteiger partial charge in [-0.25, -0.2) is 0 Å². The van der Waals surface area contributed by atoms with E-state index in [-0.39, 0.29) is 28.4 Å². The number of para-hydroxylation sites is 1. The van der Waals surface area contributed by atoms with Crippen molar-refractivity contribution in [2.24, 2.45) is 0 Å². The van der Waals surface area contributed by atoms with Crippen LogP contribution in [-0.4, -0.2) is 6.71 Å². The van der Waals surface area contributed by atoms with Gasteiger partial charge in [0, 0.05) is 65.5 Å². The zero-order valence-corrected chi connectivity index (χ0v) is 52.0. The minimum absolute atomic E-state index is 0.00895. The van der Waals surface area contributed by atoms with Crippen LogP contribution in [0.15, 0.2) is 224 Å². The van der Waals surface area contributed by atoms with E-state index in [1.165, 1.54) is 142 Å². The van der Waals surface area contributed by atoms with Gasteiger partial charge < -0.3 is 14.7 Å². The molecule has 0 unspecified atom stereocenters. The molecule has 0 fully saturated rings. The molecule has 12 aromatic carbocycles. The first-order valence-corrected chi connectivity index (χ1v) is 31.6. The van der Waals surface area contributed by atoms with Gasteiger partial charge in [0.05, 0.1) is 17.1 Å². The number of fused-ring (bicyclic) bond motifs is 9. The summed E-state index contributed by atoms with van der Waals surface area (Å²) in [4.78, 5) is 7.83. The highest BCUT2D eigenvalue weighted by molar-refractivity contribution is 7.33. The summed E-state index contributed by atoms with van der Waals surface area (Å²) in [5, 5.41) is 9.03. The van der Waals surface area contributed by atoms with Crippen LogP contribution in [-0.2, 0) is 21.7 Å². The van der Waals surface area contributed by atoms with E-state index in [0.717, 1.165) is 17.1 Å². The Labute approximate surface area is 511 Å². The lowest BCUT2D eigenvalue weighted by atomic mass is 9.36. The Bertz CT molecular complexity index is 4910. The molecule has 5 heteroatoms. The van der Waals surface area contributed by atoms with E-state index in [1.54, 1.807) is 0 Å². The number of rotatable bonds is 6. The third kappa shape index (κ3) is 7.79. The first-order valence-electron chi connectivity index (χ1n) is 30.8. The van der Waals surface area contributed by atoms with Crippen molar-refractivity contribution in [3.05, 3.63) is 252 Å². The molecule has 0 amide bonds. The lowest BCUT2D eigenvalue weighted by Crippen LogP contribution is -2.60. The summed E-state index contributed by atoms with van der Waals surface area (Å²) < 4.78 is 2.67. The molecule has 0 N–H and O–H groups in total. The van der Waals surface area contributed by atoms with E-state index in [1.807, 2.05) is 11.3 Å². The van der Waals surface area contributed by atoms with Crippen LogP contribution in [0.25, 0.3) is 64.7 Å². The monoisotopic (exact) mass is 1130 g/mol. The van der Waals surface area contributed by atoms with Gasteiger partial charge in [0.2, 0.25) is 0 Å². The molecule has 3 heterocycles. The van der Waals surface area contributed by atoms with Crippen LogP contribution in [0.2, 0.25) is 0 Å². The van der Waals surface area contributed by atoms with Gasteiger partial charge in [0.1, 0.15) is 0 Å². The van der Waals surface area contributed by atoms with Gasteiger partial charge in [0.25, 0.3) is 6.71 Å². The molecule has 0 atom stereocenters. The maximum absolute atomic E-state index is 2.67. The molecule has 1 aromatic heterocycles. The van der Waals surface area contributed by atoms with Crippen molar-refractivity contribution in [1.82, 2.24) is 0 Å². The largest absolute Gasteiger partial charge is 0.311 e. The minimum Gasteiger partial charge on any atom is -0.311 e. The van der Waals surface area contributed by atoms with Gasteiger partial charge in [0.15, 0.2) is 0 Å². The lowest BCUT2D eigenvalue weighted by molar-refractivity contribution is 0.590. The second-order valence-electron chi connectivity index (χ2n) is 28.1. The molecule has 13 aromatic rings. The van der Waals surface area contributed by atoms with Gasteiger partial charge in [-0.2, -0.15) is 0 Å². The first-order chi connectivity index (χ1) is 41.3. The van der Waals surface area contributed by atoms with Crippen molar-refractivity contribution in [3.8, 4) is 22.3 Å². The van der Waals surface area contributed by atoms with Crippen molar-refractivity contribution < 1.29 is 0 Å². The molecule has 16 rings (SSSR count). The molecule has 1 aliphatic carbocycles. The molecule has 2 aliphatic heterocycles. The highest BCUT2D eigenvalue weighted by Crippen LogP contribution is 2.56. The van der Waals surface area contributed by atoms with Crippen LogP contribution in [0.1, 0.15) is 104 Å². The maximum Gasteiger partial charge on any atom is 0.264 e. The van der Waals surface area contributed by atoms with Crippen molar-refractivity contribution in [3.63, 3.8) is 0 Å². The van der Waals surface area contributed by atoms with Gasteiger partial charge in [-0.1, -0.05) is 222 Å². The number of benzene rings is 12. The molecule has 3 nitrogen and oxygen atoms in total. The van der Waals surface area contributed by atoms with Crippen molar-refractivity contribution >= 4 is 127 Å². The fraction of sp³-hybridized carbons (Fsp3) is 0.185. The zero-order chi connectivity index (χ0) is 58.9. The number of hydrogen-bond acceptors (Lipinski definition) is 4. The number of hydrogen-bond donors (Lipinski definition) is 0. The van der Waals surface area contributed by atoms with Gasteiger partial charge in [-0.15, -0.1) is 11.3 Å². The predicted octanol–water partition coefficient (Wildman–Crippen LogP) is 21.2. The Balaban J connectivity index is 1.01. The average molecular weight is 1130 g/mol. The Morgan fingerprint density at radius 3 is 1.78 bits per heavy atom. The highest BCUT2D eigenvalue weighted by Gasteiger charge is 2.46. The van der Waals surface area contributed by atoms with Gasteiger partial charge >= 0.3 is 0 Å². The van der Waals surface area contributed by atoms with Crippen molar-refractivity contribution in [1.29, 1.82) is 0 Å². The molecular formula is C81H70BN3S. The van der Waals surface area contributed by atoms with Crippen LogP contribution < -0.4 is 30.4 Å². The van der Waals surface area contributed by atoms with E-state index in [4.69, 9.17) is 0 Å². The van der Waals surface area contributed by atoms with Crippen LogP contribution in [0.3, 0.4) is 0 Å². The molecule has 0 bridgehead atoms. The van der Waals surface area contributed by atoms with E-state index in [0.29, 0.717) is 0 Å². The Morgan fingerprint density at radius 1 is 0.419 bits per heavy atom. The van der Waals surface area contributed by atoms with Gasteiger partial charge in [-0.3, -0.25) is 0 Å². The van der Waals surface area contributed by atoms with E-state index >= 15 is 0 Å². The fourth-order valence-corrected chi connectivity index (χ4v) is 16.3. The quantitative estimate of drug-likeness (QED) is 0.121. The lowest BCUT2D eigenvalue weighted by Gasteiger charge is -2.44. The summed E-state index contributed by atoms with van der Waals surface area (Å²) in [6.45, 7) is 25.7. The first kappa shape index (κ1) is 52.6. The maximum atomic E-state index is 2.67. The minimum atomic E-state index is -0.168. The summed E-state index contributed by atoms with van der Waals surface area (Å²) in [6, 6.07) is 86.7. The molecule has 86 heavy (non-hydrogen) atoms. The van der Waals surface area contributed by atoms with Crippen LogP contribution in [0.4, 0.5) is 51.2 Å². The van der Waals surface area contributed by atoms with Crippen molar-refractivity contribution in [2.75, 3.05) is 14.7 Å². The van der Waals surface area contributed by atoms with E-state index in [9.17, 15) is 0 Å². The molecule has 3 aliphatic rings.